The third-order valence-electron chi connectivity index (χ3n) is 1.88. The van der Waals surface area contributed by atoms with Crippen molar-refractivity contribution in [1.82, 2.24) is 5.32 Å². The van der Waals surface area contributed by atoms with Crippen LogP contribution >= 0.6 is 11.3 Å². The largest absolute Gasteiger partial charge is 0.480 e. The topological polar surface area (TPSA) is 66.4 Å². The summed E-state index contributed by atoms with van der Waals surface area (Å²) < 4.78 is 0. The third-order valence-corrected chi connectivity index (χ3v) is 2.90. The fourth-order valence-electron chi connectivity index (χ4n) is 1.24. The maximum absolute atomic E-state index is 10.8. The maximum Gasteiger partial charge on any atom is 0.326 e. The number of carboxylic acids is 1. The number of carbonyl (C=O) groups is 2. The van der Waals surface area contributed by atoms with Crippen molar-refractivity contribution in [2.45, 2.75) is 26.3 Å². The highest BCUT2D eigenvalue weighted by Gasteiger charge is 2.19. The first-order valence-electron chi connectivity index (χ1n) is 4.54. The van der Waals surface area contributed by atoms with E-state index >= 15 is 0 Å². The first-order valence-corrected chi connectivity index (χ1v) is 5.36. The number of carboxylic acid groups (broad SMARTS) is 1. The smallest absolute Gasteiger partial charge is 0.326 e. The molecule has 0 aliphatic rings. The van der Waals surface area contributed by atoms with Crippen molar-refractivity contribution in [3.8, 4) is 0 Å². The van der Waals surface area contributed by atoms with Gasteiger partial charge in [0.2, 0.25) is 5.91 Å². The molecule has 1 atom stereocenters. The minimum Gasteiger partial charge on any atom is -0.480 e. The molecule has 0 spiro atoms. The second kappa shape index (κ2) is 4.93. The highest BCUT2D eigenvalue weighted by Crippen LogP contribution is 2.16. The Bertz CT molecular complexity index is 372. The van der Waals surface area contributed by atoms with Crippen LogP contribution in [0.5, 0.6) is 0 Å². The summed E-state index contributed by atoms with van der Waals surface area (Å²) in [5.74, 6) is -1.33. The number of hydrogen-bond acceptors (Lipinski definition) is 3. The van der Waals surface area contributed by atoms with Crippen molar-refractivity contribution in [3.05, 3.63) is 21.9 Å². The van der Waals surface area contributed by atoms with Gasteiger partial charge in [-0.3, -0.25) is 4.79 Å². The third kappa shape index (κ3) is 3.71. The van der Waals surface area contributed by atoms with Gasteiger partial charge in [0.05, 0.1) is 0 Å². The van der Waals surface area contributed by atoms with Crippen LogP contribution in [-0.4, -0.2) is 23.0 Å². The molecule has 15 heavy (non-hydrogen) atoms. The normalized spacial score (nSPS) is 12.1. The number of amides is 1. The summed E-state index contributed by atoms with van der Waals surface area (Å²) in [6, 6.07) is 2.99. The summed E-state index contributed by atoms with van der Waals surface area (Å²) in [5.41, 5.74) is 0. The van der Waals surface area contributed by atoms with Gasteiger partial charge < -0.3 is 10.4 Å². The lowest BCUT2D eigenvalue weighted by Gasteiger charge is -2.11. The Morgan fingerprint density at radius 2 is 2.20 bits per heavy atom. The zero-order valence-electron chi connectivity index (χ0n) is 8.61. The molecule has 0 unspecified atom stereocenters. The first-order chi connectivity index (χ1) is 6.99. The monoisotopic (exact) mass is 227 g/mol. The van der Waals surface area contributed by atoms with Gasteiger partial charge in [0.25, 0.3) is 0 Å². The lowest BCUT2D eigenvalue weighted by Crippen LogP contribution is -2.40. The summed E-state index contributed by atoms with van der Waals surface area (Å²) in [6.07, 6.45) is 0.341. The molecule has 0 bridgehead atoms. The summed E-state index contributed by atoms with van der Waals surface area (Å²) in [6.45, 7) is 3.28. The van der Waals surface area contributed by atoms with Crippen LogP contribution in [0, 0.1) is 6.92 Å². The Balaban J connectivity index is 2.66. The molecule has 0 aliphatic carbocycles. The molecule has 0 radical (unpaired) electrons. The Hall–Kier alpha value is -1.36. The van der Waals surface area contributed by atoms with Gasteiger partial charge in [0.15, 0.2) is 0 Å². The number of thiophene rings is 1. The summed E-state index contributed by atoms with van der Waals surface area (Å²) in [5, 5.41) is 11.3. The van der Waals surface area contributed by atoms with Crippen LogP contribution in [0.4, 0.5) is 0 Å². The maximum atomic E-state index is 10.8. The predicted octanol–water partition coefficient (Wildman–Crippen LogP) is 1.19. The lowest BCUT2D eigenvalue weighted by atomic mass is 10.2. The molecular weight excluding hydrogens is 214 g/mol. The van der Waals surface area contributed by atoms with E-state index < -0.39 is 12.0 Å². The van der Waals surface area contributed by atoms with Gasteiger partial charge >= 0.3 is 5.97 Å². The van der Waals surface area contributed by atoms with Crippen molar-refractivity contribution in [3.63, 3.8) is 0 Å². The number of hydrogen-bond donors (Lipinski definition) is 2. The zero-order chi connectivity index (χ0) is 11.4. The second-order valence-corrected chi connectivity index (χ2v) is 4.68. The summed E-state index contributed by atoms with van der Waals surface area (Å²) in [4.78, 5) is 23.7. The fourth-order valence-corrected chi connectivity index (χ4v) is 2.18. The van der Waals surface area contributed by atoms with E-state index in [4.69, 9.17) is 5.11 Å². The van der Waals surface area contributed by atoms with E-state index in [0.717, 1.165) is 9.75 Å². The van der Waals surface area contributed by atoms with E-state index in [2.05, 4.69) is 5.32 Å². The minimum atomic E-state index is -1.00. The van der Waals surface area contributed by atoms with Crippen LogP contribution in [0.25, 0.3) is 0 Å². The first kappa shape index (κ1) is 11.7. The molecule has 0 fully saturated rings. The van der Waals surface area contributed by atoms with Gasteiger partial charge in [0, 0.05) is 23.1 Å². The van der Waals surface area contributed by atoms with E-state index in [1.807, 2.05) is 19.1 Å². The molecule has 0 saturated carbocycles. The second-order valence-electron chi connectivity index (χ2n) is 3.31. The van der Waals surface area contributed by atoms with E-state index in [0.29, 0.717) is 6.42 Å². The average Bonchev–Trinajstić information content (AvgIpc) is 2.49. The Labute approximate surface area is 91.9 Å². The molecule has 1 aromatic heterocycles. The molecule has 0 aromatic carbocycles. The van der Waals surface area contributed by atoms with Crippen LogP contribution in [0.15, 0.2) is 12.1 Å². The van der Waals surface area contributed by atoms with E-state index in [1.54, 1.807) is 11.3 Å². The number of carbonyl (C=O) groups excluding carboxylic acids is 1. The highest BCUT2D eigenvalue weighted by atomic mass is 32.1. The molecule has 2 N–H and O–H groups in total. The van der Waals surface area contributed by atoms with Crippen LogP contribution < -0.4 is 5.32 Å². The van der Waals surface area contributed by atoms with Crippen LogP contribution in [-0.2, 0) is 16.0 Å². The summed E-state index contributed by atoms with van der Waals surface area (Å²) >= 11 is 1.55. The molecule has 82 valence electrons. The molecule has 4 nitrogen and oxygen atoms in total. The van der Waals surface area contributed by atoms with Gasteiger partial charge in [-0.1, -0.05) is 0 Å². The van der Waals surface area contributed by atoms with Crippen molar-refractivity contribution in [1.29, 1.82) is 0 Å². The van der Waals surface area contributed by atoms with Gasteiger partial charge in [-0.25, -0.2) is 4.79 Å². The van der Waals surface area contributed by atoms with Gasteiger partial charge in [-0.2, -0.15) is 0 Å². The van der Waals surface area contributed by atoms with E-state index in [9.17, 15) is 9.59 Å². The molecule has 1 rings (SSSR count). The van der Waals surface area contributed by atoms with Gasteiger partial charge in [0.1, 0.15) is 6.04 Å². The Kier molecular flexibility index (Phi) is 3.85. The summed E-state index contributed by atoms with van der Waals surface area (Å²) in [7, 11) is 0. The quantitative estimate of drug-likeness (QED) is 0.812. The number of aliphatic carboxylic acids is 1. The van der Waals surface area contributed by atoms with Crippen LogP contribution in [0.2, 0.25) is 0 Å². The van der Waals surface area contributed by atoms with Crippen molar-refractivity contribution in [2.75, 3.05) is 0 Å². The lowest BCUT2D eigenvalue weighted by molar-refractivity contribution is -0.141. The van der Waals surface area contributed by atoms with Gasteiger partial charge in [-0.15, -0.1) is 11.3 Å². The number of aryl methyl sites for hydroxylation is 1. The Morgan fingerprint density at radius 1 is 1.53 bits per heavy atom. The Morgan fingerprint density at radius 3 is 2.60 bits per heavy atom. The predicted molar refractivity (Wildman–Crippen MR) is 58.0 cm³/mol. The van der Waals surface area contributed by atoms with Crippen molar-refractivity contribution < 1.29 is 14.7 Å². The molecule has 5 heteroatoms. The number of nitrogens with one attached hydrogen (secondary N) is 1. The highest BCUT2D eigenvalue weighted by molar-refractivity contribution is 7.11. The fraction of sp³-hybridized carbons (Fsp3) is 0.400. The van der Waals surface area contributed by atoms with Crippen LogP contribution in [0.3, 0.4) is 0 Å². The number of rotatable bonds is 4. The molecular formula is C10H13NO3S. The molecule has 0 aliphatic heterocycles. The zero-order valence-corrected chi connectivity index (χ0v) is 9.43. The van der Waals surface area contributed by atoms with Crippen molar-refractivity contribution >= 4 is 23.2 Å². The molecule has 1 aromatic rings. The minimum absolute atomic E-state index is 0.323. The van der Waals surface area contributed by atoms with Crippen LogP contribution in [0.1, 0.15) is 16.7 Å². The molecule has 1 heterocycles. The van der Waals surface area contributed by atoms with E-state index in [1.165, 1.54) is 6.92 Å². The average molecular weight is 227 g/mol. The standard InChI is InChI=1S/C10H13NO3S/c1-6-3-4-8(15-6)5-9(10(13)14)11-7(2)12/h3-4,9H,5H2,1-2H3,(H,11,12)(H,13,14)/t9-/m0/s1. The van der Waals surface area contributed by atoms with Gasteiger partial charge in [-0.05, 0) is 19.1 Å². The molecule has 0 saturated heterocycles. The van der Waals surface area contributed by atoms with Crippen molar-refractivity contribution in [2.24, 2.45) is 0 Å². The SMILES string of the molecule is CC(=O)N[C@@H](Cc1ccc(C)s1)C(=O)O. The van der Waals surface area contributed by atoms with E-state index in [-0.39, 0.29) is 5.91 Å². The molecule has 1 amide bonds.